The van der Waals surface area contributed by atoms with Crippen molar-refractivity contribution < 1.29 is 14.1 Å². The Morgan fingerprint density at radius 1 is 1.44 bits per heavy atom. The van der Waals surface area contributed by atoms with E-state index in [1.807, 2.05) is 32.7 Å². The van der Waals surface area contributed by atoms with Gasteiger partial charge in [0.1, 0.15) is 0 Å². The van der Waals surface area contributed by atoms with E-state index in [0.717, 1.165) is 0 Å². The van der Waals surface area contributed by atoms with Crippen molar-refractivity contribution in [2.75, 3.05) is 20.7 Å². The summed E-state index contributed by atoms with van der Waals surface area (Å²) in [7, 11) is 3.28. The van der Waals surface area contributed by atoms with Gasteiger partial charge in [-0.1, -0.05) is 25.9 Å². The van der Waals surface area contributed by atoms with E-state index < -0.39 is 0 Å². The number of methoxy groups -OCH3 is 1. The van der Waals surface area contributed by atoms with Gasteiger partial charge in [0.2, 0.25) is 5.89 Å². The molecule has 0 saturated heterocycles. The lowest BCUT2D eigenvalue weighted by Crippen LogP contribution is -2.22. The standard InChI is InChI=1S/C12H21N3O3/c1-12(2,3)11-13-9(14-18-11)8-15(4)7-6-10(16)17-5/h6-8H2,1-5H3. The van der Waals surface area contributed by atoms with Gasteiger partial charge in [0, 0.05) is 12.0 Å². The lowest BCUT2D eigenvalue weighted by molar-refractivity contribution is -0.140. The zero-order valence-corrected chi connectivity index (χ0v) is 11.7. The Bertz CT molecular complexity index is 396. The molecular formula is C12H21N3O3. The molecule has 0 atom stereocenters. The van der Waals surface area contributed by atoms with Gasteiger partial charge >= 0.3 is 5.97 Å². The van der Waals surface area contributed by atoms with E-state index >= 15 is 0 Å². The second-order valence-corrected chi connectivity index (χ2v) is 5.33. The van der Waals surface area contributed by atoms with Crippen molar-refractivity contribution in [2.45, 2.75) is 39.2 Å². The molecular weight excluding hydrogens is 234 g/mol. The summed E-state index contributed by atoms with van der Waals surface area (Å²) in [6.45, 7) is 7.21. The number of rotatable bonds is 5. The second kappa shape index (κ2) is 5.95. The van der Waals surface area contributed by atoms with Crippen LogP contribution in [-0.2, 0) is 21.5 Å². The van der Waals surface area contributed by atoms with Crippen molar-refractivity contribution in [3.63, 3.8) is 0 Å². The fourth-order valence-corrected chi connectivity index (χ4v) is 1.33. The van der Waals surface area contributed by atoms with E-state index in [0.29, 0.717) is 31.2 Å². The van der Waals surface area contributed by atoms with Crippen LogP contribution in [0.25, 0.3) is 0 Å². The molecule has 1 rings (SSSR count). The first-order valence-corrected chi connectivity index (χ1v) is 5.91. The molecule has 0 spiro atoms. The van der Waals surface area contributed by atoms with Gasteiger partial charge in [-0.25, -0.2) is 0 Å². The third-order valence-electron chi connectivity index (χ3n) is 2.45. The molecule has 0 radical (unpaired) electrons. The van der Waals surface area contributed by atoms with Crippen LogP contribution >= 0.6 is 0 Å². The third kappa shape index (κ3) is 4.44. The van der Waals surface area contributed by atoms with E-state index in [2.05, 4.69) is 14.9 Å². The second-order valence-electron chi connectivity index (χ2n) is 5.33. The van der Waals surface area contributed by atoms with Crippen molar-refractivity contribution >= 4 is 5.97 Å². The average Bonchev–Trinajstić information content (AvgIpc) is 2.74. The number of hydrogen-bond donors (Lipinski definition) is 0. The molecule has 1 heterocycles. The van der Waals surface area contributed by atoms with Crippen LogP contribution in [0.4, 0.5) is 0 Å². The molecule has 0 aromatic carbocycles. The molecule has 18 heavy (non-hydrogen) atoms. The van der Waals surface area contributed by atoms with Crippen molar-refractivity contribution in [3.05, 3.63) is 11.7 Å². The molecule has 0 aliphatic rings. The minimum Gasteiger partial charge on any atom is -0.469 e. The van der Waals surface area contributed by atoms with Gasteiger partial charge in [-0.2, -0.15) is 4.98 Å². The summed E-state index contributed by atoms with van der Waals surface area (Å²) >= 11 is 0. The van der Waals surface area contributed by atoms with Crippen LogP contribution in [-0.4, -0.2) is 41.7 Å². The van der Waals surface area contributed by atoms with Crippen LogP contribution in [0.2, 0.25) is 0 Å². The maximum atomic E-state index is 11.0. The number of esters is 1. The van der Waals surface area contributed by atoms with E-state index in [1.165, 1.54) is 7.11 Å². The van der Waals surface area contributed by atoms with Gasteiger partial charge in [-0.3, -0.25) is 9.69 Å². The van der Waals surface area contributed by atoms with Gasteiger partial charge in [0.05, 0.1) is 20.1 Å². The molecule has 1 aromatic rings. The van der Waals surface area contributed by atoms with Crippen LogP contribution in [0.1, 0.15) is 38.9 Å². The van der Waals surface area contributed by atoms with Crippen LogP contribution in [0, 0.1) is 0 Å². The number of ether oxygens (including phenoxy) is 1. The number of aromatic nitrogens is 2. The summed E-state index contributed by atoms with van der Waals surface area (Å²) in [6, 6.07) is 0. The Labute approximate surface area is 107 Å². The summed E-state index contributed by atoms with van der Waals surface area (Å²) in [5.74, 6) is 1.04. The third-order valence-corrected chi connectivity index (χ3v) is 2.45. The molecule has 6 heteroatoms. The maximum absolute atomic E-state index is 11.0. The normalized spacial score (nSPS) is 11.9. The highest BCUT2D eigenvalue weighted by Gasteiger charge is 2.22. The van der Waals surface area contributed by atoms with Crippen molar-refractivity contribution in [2.24, 2.45) is 0 Å². The van der Waals surface area contributed by atoms with Crippen molar-refractivity contribution in [1.29, 1.82) is 0 Å². The minimum atomic E-state index is -0.217. The lowest BCUT2D eigenvalue weighted by atomic mass is 9.97. The topological polar surface area (TPSA) is 68.5 Å². The first kappa shape index (κ1) is 14.6. The van der Waals surface area contributed by atoms with Crippen LogP contribution < -0.4 is 0 Å². The summed E-state index contributed by atoms with van der Waals surface area (Å²) < 4.78 is 9.78. The minimum absolute atomic E-state index is 0.143. The van der Waals surface area contributed by atoms with Crippen molar-refractivity contribution in [3.8, 4) is 0 Å². The Balaban J connectivity index is 2.47. The Morgan fingerprint density at radius 2 is 2.11 bits per heavy atom. The predicted octanol–water partition coefficient (Wildman–Crippen LogP) is 1.36. The molecule has 0 fully saturated rings. The molecule has 0 bridgehead atoms. The van der Waals surface area contributed by atoms with Crippen molar-refractivity contribution in [1.82, 2.24) is 15.0 Å². The summed E-state index contributed by atoms with van der Waals surface area (Å²) in [4.78, 5) is 17.3. The van der Waals surface area contributed by atoms with Crippen LogP contribution in [0.5, 0.6) is 0 Å². The first-order valence-electron chi connectivity index (χ1n) is 5.91. The molecule has 6 nitrogen and oxygen atoms in total. The number of carbonyl (C=O) groups excluding carboxylic acids is 1. The SMILES string of the molecule is COC(=O)CCN(C)Cc1noc(C(C)(C)C)n1. The van der Waals surface area contributed by atoms with E-state index in [1.54, 1.807) is 0 Å². The highest BCUT2D eigenvalue weighted by molar-refractivity contribution is 5.69. The molecule has 0 aliphatic carbocycles. The highest BCUT2D eigenvalue weighted by atomic mass is 16.5. The van der Waals surface area contributed by atoms with E-state index in [4.69, 9.17) is 4.52 Å². The molecule has 1 aromatic heterocycles. The molecule has 0 amide bonds. The molecule has 0 aliphatic heterocycles. The Hall–Kier alpha value is -1.43. The predicted molar refractivity (Wildman–Crippen MR) is 66.0 cm³/mol. The van der Waals surface area contributed by atoms with Crippen LogP contribution in [0.3, 0.4) is 0 Å². The van der Waals surface area contributed by atoms with Gasteiger partial charge in [0.25, 0.3) is 0 Å². The summed E-state index contributed by atoms with van der Waals surface area (Å²) in [6.07, 6.45) is 0.358. The van der Waals surface area contributed by atoms with E-state index in [9.17, 15) is 4.79 Å². The molecule has 0 saturated carbocycles. The largest absolute Gasteiger partial charge is 0.469 e. The molecule has 0 unspecified atom stereocenters. The monoisotopic (exact) mass is 255 g/mol. The average molecular weight is 255 g/mol. The lowest BCUT2D eigenvalue weighted by Gasteiger charge is -2.13. The fourth-order valence-electron chi connectivity index (χ4n) is 1.33. The summed E-state index contributed by atoms with van der Waals surface area (Å²) in [5.41, 5.74) is -0.143. The number of nitrogens with zero attached hydrogens (tertiary/aromatic N) is 3. The smallest absolute Gasteiger partial charge is 0.306 e. The fraction of sp³-hybridized carbons (Fsp3) is 0.750. The van der Waals surface area contributed by atoms with Gasteiger partial charge in [-0.05, 0) is 7.05 Å². The first-order chi connectivity index (χ1) is 8.32. The quantitative estimate of drug-likeness (QED) is 0.740. The van der Waals surface area contributed by atoms with E-state index in [-0.39, 0.29) is 11.4 Å². The molecule has 0 N–H and O–H groups in total. The maximum Gasteiger partial charge on any atom is 0.306 e. The number of carbonyl (C=O) groups is 1. The van der Waals surface area contributed by atoms with Gasteiger partial charge in [-0.15, -0.1) is 0 Å². The zero-order chi connectivity index (χ0) is 13.8. The number of hydrogen-bond acceptors (Lipinski definition) is 6. The van der Waals surface area contributed by atoms with Gasteiger partial charge < -0.3 is 9.26 Å². The zero-order valence-electron chi connectivity index (χ0n) is 11.7. The summed E-state index contributed by atoms with van der Waals surface area (Å²) in [5, 5.41) is 3.93. The Morgan fingerprint density at radius 3 is 2.61 bits per heavy atom. The Kier molecular flexibility index (Phi) is 4.84. The highest BCUT2D eigenvalue weighted by Crippen LogP contribution is 2.19. The van der Waals surface area contributed by atoms with Crippen LogP contribution in [0.15, 0.2) is 4.52 Å². The van der Waals surface area contributed by atoms with Gasteiger partial charge in [0.15, 0.2) is 5.82 Å². The molecule has 102 valence electrons.